The highest BCUT2D eigenvalue weighted by Crippen LogP contribution is 2.30. The van der Waals surface area contributed by atoms with E-state index in [0.717, 1.165) is 17.2 Å². The molecule has 3 heteroatoms. The van der Waals surface area contributed by atoms with Crippen molar-refractivity contribution in [1.82, 2.24) is 9.55 Å². The summed E-state index contributed by atoms with van der Waals surface area (Å²) in [5, 5.41) is 0. The third kappa shape index (κ3) is 2.33. The largest absolute Gasteiger partial charge is 0.326 e. The highest BCUT2D eigenvalue weighted by atomic mass is 79.9. The quantitative estimate of drug-likeness (QED) is 0.793. The van der Waals surface area contributed by atoms with E-state index < -0.39 is 0 Å². The minimum Gasteiger partial charge on any atom is -0.326 e. The Bertz CT molecular complexity index is 266. The monoisotopic (exact) mass is 242 g/mol. The maximum atomic E-state index is 4.13. The zero-order valence-corrected chi connectivity index (χ0v) is 9.33. The van der Waals surface area contributed by atoms with Crippen LogP contribution >= 0.6 is 15.9 Å². The number of hydrogen-bond acceptors (Lipinski definition) is 1. The Morgan fingerprint density at radius 3 is 2.92 bits per heavy atom. The van der Waals surface area contributed by atoms with Crippen molar-refractivity contribution in [3.8, 4) is 0 Å². The molecule has 0 bridgehead atoms. The smallest absolute Gasteiger partial charge is 0.177 e. The molecule has 0 aliphatic heterocycles. The summed E-state index contributed by atoms with van der Waals surface area (Å²) in [6.45, 7) is 1.11. The molecule has 0 aromatic carbocycles. The summed E-state index contributed by atoms with van der Waals surface area (Å²) < 4.78 is 3.12. The van der Waals surface area contributed by atoms with Gasteiger partial charge in [0.1, 0.15) is 0 Å². The molecule has 1 aromatic heterocycles. The van der Waals surface area contributed by atoms with Crippen molar-refractivity contribution < 1.29 is 0 Å². The van der Waals surface area contributed by atoms with Gasteiger partial charge in [0.25, 0.3) is 0 Å². The Morgan fingerprint density at radius 1 is 1.54 bits per heavy atom. The molecule has 0 saturated heterocycles. The predicted molar refractivity (Wildman–Crippen MR) is 56.5 cm³/mol. The fourth-order valence-corrected chi connectivity index (χ4v) is 2.22. The first-order valence-electron chi connectivity index (χ1n) is 5.03. The molecule has 0 amide bonds. The van der Waals surface area contributed by atoms with E-state index in [1.54, 1.807) is 0 Å². The molecule has 13 heavy (non-hydrogen) atoms. The average Bonchev–Trinajstić information content (AvgIpc) is 2.42. The van der Waals surface area contributed by atoms with Crippen molar-refractivity contribution in [2.75, 3.05) is 0 Å². The van der Waals surface area contributed by atoms with Gasteiger partial charge >= 0.3 is 0 Å². The van der Waals surface area contributed by atoms with E-state index in [2.05, 4.69) is 25.5 Å². The summed E-state index contributed by atoms with van der Waals surface area (Å²) in [6.07, 6.45) is 10.9. The SMILES string of the molecule is Brc1nccn1CCCC1CCC1. The van der Waals surface area contributed by atoms with Crippen LogP contribution in [0.2, 0.25) is 0 Å². The van der Waals surface area contributed by atoms with Gasteiger partial charge in [0.05, 0.1) is 0 Å². The van der Waals surface area contributed by atoms with Gasteiger partial charge < -0.3 is 4.57 Å². The second-order valence-electron chi connectivity index (χ2n) is 3.83. The van der Waals surface area contributed by atoms with Crippen LogP contribution in [0, 0.1) is 5.92 Å². The lowest BCUT2D eigenvalue weighted by molar-refractivity contribution is 0.284. The first-order valence-corrected chi connectivity index (χ1v) is 5.82. The van der Waals surface area contributed by atoms with Gasteiger partial charge in [-0.05, 0) is 34.7 Å². The highest BCUT2D eigenvalue weighted by molar-refractivity contribution is 9.10. The molecule has 1 aromatic rings. The van der Waals surface area contributed by atoms with E-state index in [1.165, 1.54) is 32.1 Å². The van der Waals surface area contributed by atoms with Gasteiger partial charge in [-0.25, -0.2) is 4.98 Å². The molecule has 0 N–H and O–H groups in total. The molecule has 1 fully saturated rings. The summed E-state index contributed by atoms with van der Waals surface area (Å²) in [5.41, 5.74) is 0. The first-order chi connectivity index (χ1) is 6.36. The van der Waals surface area contributed by atoms with Gasteiger partial charge in [-0.15, -0.1) is 0 Å². The lowest BCUT2D eigenvalue weighted by Crippen LogP contribution is -2.11. The van der Waals surface area contributed by atoms with Gasteiger partial charge in [-0.1, -0.05) is 19.3 Å². The standard InChI is InChI=1S/C10H15BrN2/c11-10-12-6-8-13(10)7-2-5-9-3-1-4-9/h6,8-9H,1-5,7H2. The minimum atomic E-state index is 0.959. The van der Waals surface area contributed by atoms with Gasteiger partial charge in [0, 0.05) is 18.9 Å². The van der Waals surface area contributed by atoms with E-state index in [1.807, 2.05) is 12.4 Å². The predicted octanol–water partition coefficient (Wildman–Crippen LogP) is 3.23. The lowest BCUT2D eigenvalue weighted by Gasteiger charge is -2.25. The summed E-state index contributed by atoms with van der Waals surface area (Å²) >= 11 is 3.42. The van der Waals surface area contributed by atoms with Gasteiger partial charge in [0.2, 0.25) is 0 Å². The third-order valence-electron chi connectivity index (χ3n) is 2.90. The fourth-order valence-electron chi connectivity index (χ4n) is 1.81. The number of hydrogen-bond donors (Lipinski definition) is 0. The number of imidazole rings is 1. The van der Waals surface area contributed by atoms with Crippen molar-refractivity contribution in [2.45, 2.75) is 38.6 Å². The summed E-state index contributed by atoms with van der Waals surface area (Å²) in [4.78, 5) is 4.13. The van der Waals surface area contributed by atoms with Gasteiger partial charge in [0.15, 0.2) is 4.73 Å². The average molecular weight is 243 g/mol. The van der Waals surface area contributed by atoms with Crippen molar-refractivity contribution in [3.05, 3.63) is 17.1 Å². The van der Waals surface area contributed by atoms with Crippen LogP contribution < -0.4 is 0 Å². The topological polar surface area (TPSA) is 17.8 Å². The number of aromatic nitrogens is 2. The van der Waals surface area contributed by atoms with Crippen LogP contribution in [0.1, 0.15) is 32.1 Å². The van der Waals surface area contributed by atoms with E-state index >= 15 is 0 Å². The summed E-state index contributed by atoms with van der Waals surface area (Å²) in [6, 6.07) is 0. The minimum absolute atomic E-state index is 0.959. The zero-order valence-electron chi connectivity index (χ0n) is 7.75. The van der Waals surface area contributed by atoms with Crippen LogP contribution in [-0.2, 0) is 6.54 Å². The van der Waals surface area contributed by atoms with E-state index in [4.69, 9.17) is 0 Å². The molecule has 1 aliphatic rings. The number of rotatable bonds is 4. The molecule has 1 heterocycles. The van der Waals surface area contributed by atoms with Gasteiger partial charge in [-0.2, -0.15) is 0 Å². The molecule has 2 nitrogen and oxygen atoms in total. The Hall–Kier alpha value is -0.310. The van der Waals surface area contributed by atoms with Crippen molar-refractivity contribution in [3.63, 3.8) is 0 Å². The second kappa shape index (κ2) is 4.27. The Labute approximate surface area is 87.5 Å². The van der Waals surface area contributed by atoms with Crippen molar-refractivity contribution in [2.24, 2.45) is 5.92 Å². The molecular formula is C10H15BrN2. The molecule has 72 valence electrons. The van der Waals surface area contributed by atoms with Crippen molar-refractivity contribution in [1.29, 1.82) is 0 Å². The molecule has 2 rings (SSSR count). The zero-order chi connectivity index (χ0) is 9.10. The number of aryl methyl sites for hydroxylation is 1. The van der Waals surface area contributed by atoms with Gasteiger partial charge in [-0.3, -0.25) is 0 Å². The second-order valence-corrected chi connectivity index (χ2v) is 4.54. The first kappa shape index (κ1) is 9.25. The Kier molecular flexibility index (Phi) is 3.04. The van der Waals surface area contributed by atoms with E-state index in [0.29, 0.717) is 0 Å². The van der Waals surface area contributed by atoms with Crippen LogP contribution in [0.25, 0.3) is 0 Å². The summed E-state index contributed by atoms with van der Waals surface area (Å²) in [7, 11) is 0. The normalized spacial score (nSPS) is 17.3. The van der Waals surface area contributed by atoms with Crippen LogP contribution in [0.5, 0.6) is 0 Å². The molecule has 0 unspecified atom stereocenters. The molecule has 0 radical (unpaired) electrons. The Balaban J connectivity index is 1.70. The molecule has 1 saturated carbocycles. The maximum absolute atomic E-state index is 4.13. The highest BCUT2D eigenvalue weighted by Gasteiger charge is 2.16. The van der Waals surface area contributed by atoms with Crippen LogP contribution in [0.4, 0.5) is 0 Å². The van der Waals surface area contributed by atoms with Crippen LogP contribution in [-0.4, -0.2) is 9.55 Å². The maximum Gasteiger partial charge on any atom is 0.177 e. The van der Waals surface area contributed by atoms with E-state index in [9.17, 15) is 0 Å². The third-order valence-corrected chi connectivity index (χ3v) is 3.56. The fraction of sp³-hybridized carbons (Fsp3) is 0.700. The van der Waals surface area contributed by atoms with Crippen LogP contribution in [0.15, 0.2) is 17.1 Å². The molecular weight excluding hydrogens is 228 g/mol. The molecule has 0 atom stereocenters. The number of halogens is 1. The molecule has 1 aliphatic carbocycles. The lowest BCUT2D eigenvalue weighted by atomic mass is 9.82. The Morgan fingerprint density at radius 2 is 2.38 bits per heavy atom. The van der Waals surface area contributed by atoms with Crippen LogP contribution in [0.3, 0.4) is 0 Å². The van der Waals surface area contributed by atoms with Crippen molar-refractivity contribution >= 4 is 15.9 Å². The van der Waals surface area contributed by atoms with E-state index in [-0.39, 0.29) is 0 Å². The molecule has 0 spiro atoms. The summed E-state index contributed by atoms with van der Waals surface area (Å²) in [5.74, 6) is 1.03. The number of nitrogens with zero attached hydrogens (tertiary/aromatic N) is 2.